The van der Waals surface area contributed by atoms with Gasteiger partial charge in [-0.2, -0.15) is 26.3 Å². The summed E-state index contributed by atoms with van der Waals surface area (Å²) in [5.74, 6) is -2.16. The van der Waals surface area contributed by atoms with Crippen molar-refractivity contribution in [1.29, 1.82) is 0 Å². The van der Waals surface area contributed by atoms with Gasteiger partial charge in [-0.3, -0.25) is 14.5 Å². The van der Waals surface area contributed by atoms with Crippen LogP contribution in [0.25, 0.3) is 0 Å². The Hall–Kier alpha value is -2.50. The predicted molar refractivity (Wildman–Crippen MR) is 117 cm³/mol. The molecule has 1 aliphatic heterocycles. The molecule has 1 fully saturated rings. The first-order valence-electron chi connectivity index (χ1n) is 10.1. The van der Waals surface area contributed by atoms with Gasteiger partial charge < -0.3 is 10.6 Å². The maximum absolute atomic E-state index is 13.3. The molecule has 1 aliphatic rings. The van der Waals surface area contributed by atoms with E-state index in [1.807, 2.05) is 0 Å². The Bertz CT molecular complexity index is 1110. The summed E-state index contributed by atoms with van der Waals surface area (Å²) < 4.78 is 79.6. The molecule has 13 heteroatoms. The molecule has 0 radical (unpaired) electrons. The van der Waals surface area contributed by atoms with Crippen molar-refractivity contribution in [3.8, 4) is 0 Å². The first-order chi connectivity index (χ1) is 16.1. The van der Waals surface area contributed by atoms with Crippen molar-refractivity contribution in [1.82, 2.24) is 9.80 Å². The van der Waals surface area contributed by atoms with E-state index in [4.69, 9.17) is 28.9 Å². The van der Waals surface area contributed by atoms with Gasteiger partial charge >= 0.3 is 12.4 Å². The van der Waals surface area contributed by atoms with Gasteiger partial charge in [-0.1, -0.05) is 29.3 Å². The maximum Gasteiger partial charge on any atom is 0.416 e. The molecule has 0 bridgehead atoms. The minimum absolute atomic E-state index is 0.0422. The van der Waals surface area contributed by atoms with Crippen molar-refractivity contribution >= 4 is 35.0 Å². The van der Waals surface area contributed by atoms with Crippen molar-refractivity contribution < 1.29 is 35.9 Å². The first-order valence-corrected chi connectivity index (χ1v) is 10.9. The number of benzene rings is 2. The van der Waals surface area contributed by atoms with Gasteiger partial charge in [0.2, 0.25) is 5.91 Å². The van der Waals surface area contributed by atoms with Crippen LogP contribution >= 0.6 is 23.2 Å². The number of primary amides is 1. The largest absolute Gasteiger partial charge is 0.416 e. The molecule has 190 valence electrons. The maximum atomic E-state index is 13.3. The summed E-state index contributed by atoms with van der Waals surface area (Å²) in [7, 11) is 1.28. The van der Waals surface area contributed by atoms with Gasteiger partial charge in [-0.05, 0) is 35.9 Å². The van der Waals surface area contributed by atoms with E-state index in [0.717, 1.165) is 4.90 Å². The molecule has 2 aromatic carbocycles. The highest BCUT2D eigenvalue weighted by Crippen LogP contribution is 2.38. The molecule has 2 amide bonds. The van der Waals surface area contributed by atoms with Crippen molar-refractivity contribution in [3.63, 3.8) is 0 Å². The van der Waals surface area contributed by atoms with E-state index in [0.29, 0.717) is 17.7 Å². The lowest BCUT2D eigenvalue weighted by molar-refractivity contribution is -0.143. The number of hydrogen-bond acceptors (Lipinski definition) is 3. The summed E-state index contributed by atoms with van der Waals surface area (Å²) in [6.07, 6.45) is -10.2. The number of alkyl halides is 6. The van der Waals surface area contributed by atoms with Crippen molar-refractivity contribution in [3.05, 3.63) is 68.7 Å². The van der Waals surface area contributed by atoms with Crippen LogP contribution < -0.4 is 5.73 Å². The summed E-state index contributed by atoms with van der Waals surface area (Å²) in [5, 5.41) is 0.491. The Morgan fingerprint density at radius 1 is 0.971 bits per heavy atom. The number of carbonyl (C=O) groups is 2. The second-order valence-corrected chi connectivity index (χ2v) is 9.03. The summed E-state index contributed by atoms with van der Waals surface area (Å²) in [6.45, 7) is 0.179. The van der Waals surface area contributed by atoms with Crippen molar-refractivity contribution in [2.45, 2.75) is 24.3 Å². The quantitative estimate of drug-likeness (QED) is 0.538. The predicted octanol–water partition coefficient (Wildman–Crippen LogP) is 5.06. The van der Waals surface area contributed by atoms with E-state index in [2.05, 4.69) is 0 Å². The highest BCUT2D eigenvalue weighted by atomic mass is 35.5. The Kier molecular flexibility index (Phi) is 7.64. The molecule has 0 spiro atoms. The van der Waals surface area contributed by atoms with Gasteiger partial charge in [0.15, 0.2) is 0 Å². The molecule has 0 aliphatic carbocycles. The molecule has 2 N–H and O–H groups in total. The molecular weight excluding hydrogens is 523 g/mol. The second-order valence-electron chi connectivity index (χ2n) is 8.22. The number of likely N-dealkylation sites (N-methyl/N-ethyl adjacent to an activating group) is 1. The topological polar surface area (TPSA) is 66.6 Å². The number of halogens is 8. The van der Waals surface area contributed by atoms with Crippen LogP contribution in [0.3, 0.4) is 0 Å². The average molecular weight is 542 g/mol. The van der Waals surface area contributed by atoms with E-state index in [-0.39, 0.29) is 35.7 Å². The minimum Gasteiger partial charge on any atom is -0.369 e. The fourth-order valence-corrected chi connectivity index (χ4v) is 4.42. The molecule has 0 aromatic heterocycles. The Balaban J connectivity index is 2.01. The minimum atomic E-state index is -5.09. The smallest absolute Gasteiger partial charge is 0.369 e. The molecule has 0 unspecified atom stereocenters. The van der Waals surface area contributed by atoms with Gasteiger partial charge in [-0.15, -0.1) is 0 Å². The van der Waals surface area contributed by atoms with Crippen LogP contribution in [0.15, 0.2) is 36.4 Å². The lowest BCUT2D eigenvalue weighted by Gasteiger charge is -2.30. The fraction of sp³-hybridized carbons (Fsp3) is 0.364. The van der Waals surface area contributed by atoms with Crippen LogP contribution in [0.1, 0.15) is 33.0 Å². The molecule has 35 heavy (non-hydrogen) atoms. The molecule has 2 atom stereocenters. The van der Waals surface area contributed by atoms with E-state index in [1.54, 1.807) is 17.0 Å². The van der Waals surface area contributed by atoms with Gasteiger partial charge in [0.1, 0.15) is 0 Å². The average Bonchev–Trinajstić information content (AvgIpc) is 3.16. The number of nitrogens with zero attached hydrogens (tertiary/aromatic N) is 2. The number of carbonyl (C=O) groups excluding carboxylic acids is 2. The highest BCUT2D eigenvalue weighted by molar-refractivity contribution is 6.42. The van der Waals surface area contributed by atoms with Gasteiger partial charge in [-0.25, -0.2) is 0 Å². The molecule has 5 nitrogen and oxygen atoms in total. The van der Waals surface area contributed by atoms with Crippen LogP contribution in [0.2, 0.25) is 10.0 Å². The molecular formula is C22H19Cl2F6N3O2. The summed E-state index contributed by atoms with van der Waals surface area (Å²) in [4.78, 5) is 27.3. The standard InChI is InChI=1S/C22H19Cl2F6N3O2/c1-32(20(35)12-4-13(21(25,26)27)7-14(5-12)22(28,29)30)18-9-33(10-19(31)34)8-15(18)11-2-3-16(23)17(24)6-11/h2-7,15,18H,8-10H2,1H3,(H2,31,34)/t15-,18+/m0/s1. The highest BCUT2D eigenvalue weighted by Gasteiger charge is 2.41. The van der Waals surface area contributed by atoms with E-state index in [1.165, 1.54) is 13.1 Å². The van der Waals surface area contributed by atoms with Gasteiger partial charge in [0, 0.05) is 31.6 Å². The summed E-state index contributed by atoms with van der Waals surface area (Å²) >= 11 is 12.1. The van der Waals surface area contributed by atoms with E-state index in [9.17, 15) is 35.9 Å². The molecule has 2 aromatic rings. The molecule has 1 saturated heterocycles. The lowest BCUT2D eigenvalue weighted by atomic mass is 9.93. The van der Waals surface area contributed by atoms with Gasteiger partial charge in [0.05, 0.1) is 33.8 Å². The van der Waals surface area contributed by atoms with Crippen LogP contribution in [-0.2, 0) is 17.1 Å². The lowest BCUT2D eigenvalue weighted by Crippen LogP contribution is -2.42. The molecule has 1 heterocycles. The number of hydrogen-bond donors (Lipinski definition) is 1. The second kappa shape index (κ2) is 9.87. The van der Waals surface area contributed by atoms with E-state index < -0.39 is 52.8 Å². The van der Waals surface area contributed by atoms with Crippen molar-refractivity contribution in [2.24, 2.45) is 5.73 Å². The molecule has 0 saturated carbocycles. The number of rotatable bonds is 5. The van der Waals surface area contributed by atoms with Crippen LogP contribution in [0, 0.1) is 0 Å². The monoisotopic (exact) mass is 541 g/mol. The number of amides is 2. The third kappa shape index (κ3) is 6.20. The van der Waals surface area contributed by atoms with Gasteiger partial charge in [0.25, 0.3) is 5.91 Å². The van der Waals surface area contributed by atoms with E-state index >= 15 is 0 Å². The summed E-state index contributed by atoms with van der Waals surface area (Å²) in [6, 6.07) is 4.74. The third-order valence-corrected chi connectivity index (χ3v) is 6.51. The Morgan fingerprint density at radius 2 is 1.54 bits per heavy atom. The normalized spacial score (nSPS) is 19.1. The SMILES string of the molecule is CN(C(=O)c1cc(C(F)(F)F)cc(C(F)(F)F)c1)[C@@H]1CN(CC(N)=O)C[C@H]1c1ccc(Cl)c(Cl)c1. The summed E-state index contributed by atoms with van der Waals surface area (Å²) in [5.41, 5.74) is 1.95. The van der Waals surface area contributed by atoms with Crippen LogP contribution in [-0.4, -0.2) is 54.3 Å². The third-order valence-electron chi connectivity index (χ3n) is 5.77. The van der Waals surface area contributed by atoms with Crippen LogP contribution in [0.5, 0.6) is 0 Å². The number of likely N-dealkylation sites (tertiary alicyclic amines) is 1. The zero-order chi connectivity index (χ0) is 26.3. The Labute approximate surface area is 206 Å². The van der Waals surface area contributed by atoms with Crippen molar-refractivity contribution in [2.75, 3.05) is 26.7 Å². The zero-order valence-corrected chi connectivity index (χ0v) is 19.6. The zero-order valence-electron chi connectivity index (χ0n) is 18.1. The molecule has 3 rings (SSSR count). The fourth-order valence-electron chi connectivity index (χ4n) is 4.11. The first kappa shape index (κ1) is 27.1. The number of nitrogens with two attached hydrogens (primary N) is 1. The van der Waals surface area contributed by atoms with Crippen LogP contribution in [0.4, 0.5) is 26.3 Å². The Morgan fingerprint density at radius 3 is 2.03 bits per heavy atom.